The van der Waals surface area contributed by atoms with E-state index in [1.54, 1.807) is 6.08 Å². The number of ketones is 1. The fourth-order valence-corrected chi connectivity index (χ4v) is 0.783. The molecule has 4 nitrogen and oxygen atoms in total. The summed E-state index contributed by atoms with van der Waals surface area (Å²) in [5, 5.41) is 10.9. The van der Waals surface area contributed by atoms with Crippen molar-refractivity contribution < 1.29 is 14.7 Å². The van der Waals surface area contributed by atoms with E-state index in [2.05, 4.69) is 5.32 Å². The standard InChI is InChI=1S/C9H15NO3/c1-2-4-8(11)5-3-6-10-7-9(12)13/h3,5,10H,2,4,6-7H2,1H3,(H,12,13)/b5-3+. The smallest absolute Gasteiger partial charge is 0.317 e. The molecule has 0 saturated carbocycles. The molecule has 0 saturated heterocycles. The maximum Gasteiger partial charge on any atom is 0.317 e. The Kier molecular flexibility index (Phi) is 6.82. The lowest BCUT2D eigenvalue weighted by Crippen LogP contribution is -2.22. The van der Waals surface area contributed by atoms with E-state index in [0.29, 0.717) is 13.0 Å². The highest BCUT2D eigenvalue weighted by atomic mass is 16.4. The molecule has 4 heteroatoms. The fraction of sp³-hybridized carbons (Fsp3) is 0.556. The van der Waals surface area contributed by atoms with Crippen LogP contribution in [0.1, 0.15) is 19.8 Å². The van der Waals surface area contributed by atoms with Gasteiger partial charge >= 0.3 is 5.97 Å². The van der Waals surface area contributed by atoms with Crippen LogP contribution in [0.15, 0.2) is 12.2 Å². The molecule has 0 fully saturated rings. The molecule has 0 aromatic heterocycles. The molecule has 0 rings (SSSR count). The minimum atomic E-state index is -0.895. The van der Waals surface area contributed by atoms with Crippen molar-refractivity contribution in [3.8, 4) is 0 Å². The molecule has 0 aliphatic carbocycles. The molecule has 0 radical (unpaired) electrons. The van der Waals surface area contributed by atoms with Gasteiger partial charge in [-0.15, -0.1) is 0 Å². The van der Waals surface area contributed by atoms with Crippen LogP contribution in [0, 0.1) is 0 Å². The summed E-state index contributed by atoms with van der Waals surface area (Å²) >= 11 is 0. The molecule has 0 atom stereocenters. The van der Waals surface area contributed by atoms with Gasteiger partial charge in [0.1, 0.15) is 0 Å². The lowest BCUT2D eigenvalue weighted by Gasteiger charge is -1.94. The highest BCUT2D eigenvalue weighted by Gasteiger charge is 1.93. The van der Waals surface area contributed by atoms with Crippen molar-refractivity contribution in [2.75, 3.05) is 13.1 Å². The Bertz CT molecular complexity index is 199. The maximum absolute atomic E-state index is 10.9. The number of carboxylic acid groups (broad SMARTS) is 1. The summed E-state index contributed by atoms with van der Waals surface area (Å²) in [6.45, 7) is 2.28. The SMILES string of the molecule is CCCC(=O)/C=C/CNCC(=O)O. The molecule has 0 heterocycles. The van der Waals surface area contributed by atoms with Gasteiger partial charge in [-0.2, -0.15) is 0 Å². The first kappa shape index (κ1) is 11.8. The Morgan fingerprint density at radius 1 is 1.46 bits per heavy atom. The average Bonchev–Trinajstić information content (AvgIpc) is 2.03. The number of carbonyl (C=O) groups excluding carboxylic acids is 1. The molecular weight excluding hydrogens is 170 g/mol. The predicted octanol–water partition coefficient (Wildman–Crippen LogP) is 0.586. The van der Waals surface area contributed by atoms with E-state index >= 15 is 0 Å². The molecule has 0 amide bonds. The number of aliphatic carboxylic acids is 1. The minimum absolute atomic E-state index is 0.0771. The largest absolute Gasteiger partial charge is 0.480 e. The number of hydrogen-bond donors (Lipinski definition) is 2. The van der Waals surface area contributed by atoms with Gasteiger partial charge in [-0.05, 0) is 12.5 Å². The summed E-state index contributed by atoms with van der Waals surface area (Å²) in [6.07, 6.45) is 4.51. The Morgan fingerprint density at radius 2 is 2.15 bits per heavy atom. The highest BCUT2D eigenvalue weighted by Crippen LogP contribution is 1.89. The average molecular weight is 185 g/mol. The normalized spacial score (nSPS) is 10.5. The molecule has 74 valence electrons. The van der Waals surface area contributed by atoms with E-state index in [1.165, 1.54) is 6.08 Å². The van der Waals surface area contributed by atoms with Gasteiger partial charge in [-0.3, -0.25) is 9.59 Å². The summed E-state index contributed by atoms with van der Waals surface area (Å²) in [5.74, 6) is -0.812. The lowest BCUT2D eigenvalue weighted by atomic mass is 10.2. The van der Waals surface area contributed by atoms with E-state index in [0.717, 1.165) is 6.42 Å². The third-order valence-corrected chi connectivity index (χ3v) is 1.34. The number of nitrogens with one attached hydrogen (secondary N) is 1. The van der Waals surface area contributed by atoms with Crippen molar-refractivity contribution in [1.82, 2.24) is 5.32 Å². The third kappa shape index (κ3) is 8.75. The molecule has 0 aliphatic heterocycles. The number of rotatable bonds is 7. The second-order valence-electron chi connectivity index (χ2n) is 2.64. The van der Waals surface area contributed by atoms with Crippen molar-refractivity contribution in [3.05, 3.63) is 12.2 Å². The molecule has 2 N–H and O–H groups in total. The van der Waals surface area contributed by atoms with Gasteiger partial charge in [0.25, 0.3) is 0 Å². The molecule has 0 aromatic carbocycles. The summed E-state index contributed by atoms with van der Waals surface area (Å²) < 4.78 is 0. The molecule has 0 aromatic rings. The van der Waals surface area contributed by atoms with Gasteiger partial charge in [0.2, 0.25) is 0 Å². The van der Waals surface area contributed by atoms with Gasteiger partial charge in [0, 0.05) is 13.0 Å². The Hall–Kier alpha value is -1.16. The van der Waals surface area contributed by atoms with Crippen molar-refractivity contribution in [2.45, 2.75) is 19.8 Å². The van der Waals surface area contributed by atoms with Gasteiger partial charge < -0.3 is 10.4 Å². The van der Waals surface area contributed by atoms with E-state index in [9.17, 15) is 9.59 Å². The van der Waals surface area contributed by atoms with Crippen LogP contribution in [0.25, 0.3) is 0 Å². The first-order chi connectivity index (χ1) is 6.16. The Morgan fingerprint density at radius 3 is 2.69 bits per heavy atom. The van der Waals surface area contributed by atoms with Crippen molar-refractivity contribution in [1.29, 1.82) is 0 Å². The minimum Gasteiger partial charge on any atom is -0.480 e. The number of carboxylic acids is 1. The van der Waals surface area contributed by atoms with E-state index < -0.39 is 5.97 Å². The first-order valence-corrected chi connectivity index (χ1v) is 4.28. The summed E-state index contributed by atoms with van der Waals surface area (Å²) in [4.78, 5) is 21.0. The fourth-order valence-electron chi connectivity index (χ4n) is 0.783. The second kappa shape index (κ2) is 7.49. The van der Waals surface area contributed by atoms with Gasteiger partial charge in [0.05, 0.1) is 6.54 Å². The lowest BCUT2D eigenvalue weighted by molar-refractivity contribution is -0.135. The Labute approximate surface area is 77.6 Å². The molecule has 13 heavy (non-hydrogen) atoms. The third-order valence-electron chi connectivity index (χ3n) is 1.34. The zero-order valence-corrected chi connectivity index (χ0v) is 7.75. The monoisotopic (exact) mass is 185 g/mol. The first-order valence-electron chi connectivity index (χ1n) is 4.28. The van der Waals surface area contributed by atoms with Crippen LogP contribution in [0.3, 0.4) is 0 Å². The predicted molar refractivity (Wildman–Crippen MR) is 49.6 cm³/mol. The van der Waals surface area contributed by atoms with Crippen molar-refractivity contribution in [2.24, 2.45) is 0 Å². The zero-order chi connectivity index (χ0) is 10.1. The maximum atomic E-state index is 10.9. The Balaban J connectivity index is 3.40. The molecule has 0 bridgehead atoms. The van der Waals surface area contributed by atoms with Crippen LogP contribution in [0.4, 0.5) is 0 Å². The zero-order valence-electron chi connectivity index (χ0n) is 7.75. The van der Waals surface area contributed by atoms with Gasteiger partial charge in [0.15, 0.2) is 5.78 Å². The number of allylic oxidation sites excluding steroid dienone is 1. The molecular formula is C9H15NO3. The van der Waals surface area contributed by atoms with Crippen LogP contribution in [-0.2, 0) is 9.59 Å². The van der Waals surface area contributed by atoms with Crippen molar-refractivity contribution >= 4 is 11.8 Å². The van der Waals surface area contributed by atoms with Crippen LogP contribution >= 0.6 is 0 Å². The van der Waals surface area contributed by atoms with Crippen LogP contribution in [-0.4, -0.2) is 29.9 Å². The van der Waals surface area contributed by atoms with E-state index in [-0.39, 0.29) is 12.3 Å². The summed E-state index contributed by atoms with van der Waals surface area (Å²) in [5.41, 5.74) is 0. The molecule has 0 spiro atoms. The van der Waals surface area contributed by atoms with Gasteiger partial charge in [-0.1, -0.05) is 13.0 Å². The van der Waals surface area contributed by atoms with Gasteiger partial charge in [-0.25, -0.2) is 0 Å². The van der Waals surface area contributed by atoms with E-state index in [4.69, 9.17) is 5.11 Å². The van der Waals surface area contributed by atoms with E-state index in [1.807, 2.05) is 6.92 Å². The highest BCUT2D eigenvalue weighted by molar-refractivity contribution is 5.89. The summed E-state index contributed by atoms with van der Waals surface area (Å²) in [7, 11) is 0. The number of hydrogen-bond acceptors (Lipinski definition) is 3. The summed E-state index contributed by atoms with van der Waals surface area (Å²) in [6, 6.07) is 0. The van der Waals surface area contributed by atoms with Crippen LogP contribution < -0.4 is 5.32 Å². The van der Waals surface area contributed by atoms with Crippen LogP contribution in [0.5, 0.6) is 0 Å². The van der Waals surface area contributed by atoms with Crippen LogP contribution in [0.2, 0.25) is 0 Å². The molecule has 0 unspecified atom stereocenters. The number of carbonyl (C=O) groups is 2. The second-order valence-corrected chi connectivity index (χ2v) is 2.64. The molecule has 0 aliphatic rings. The quantitative estimate of drug-likeness (QED) is 0.450. The topological polar surface area (TPSA) is 66.4 Å². The van der Waals surface area contributed by atoms with Crippen molar-refractivity contribution in [3.63, 3.8) is 0 Å².